The first kappa shape index (κ1) is 17.2. The lowest BCUT2D eigenvalue weighted by Crippen LogP contribution is -2.16. The van der Waals surface area contributed by atoms with Crippen LogP contribution in [0.2, 0.25) is 5.02 Å². The van der Waals surface area contributed by atoms with Gasteiger partial charge in [-0.25, -0.2) is 0 Å². The lowest BCUT2D eigenvalue weighted by molar-refractivity contribution is 0.315. The molecule has 3 rings (SSSR count). The third-order valence-corrected chi connectivity index (χ3v) is 5.41. The summed E-state index contributed by atoms with van der Waals surface area (Å²) in [6.07, 6.45) is 6.52. The number of halogens is 1. The molecular formula is C21H26ClNO. The number of nitrogens with one attached hydrogen (secondary N) is 1. The predicted molar refractivity (Wildman–Crippen MR) is 102 cm³/mol. The molecule has 0 heterocycles. The number of anilines is 1. The number of hydrogen-bond donors (Lipinski definition) is 1. The van der Waals surface area contributed by atoms with E-state index in [0.717, 1.165) is 34.8 Å². The van der Waals surface area contributed by atoms with Crippen LogP contribution in [0.3, 0.4) is 0 Å². The van der Waals surface area contributed by atoms with Crippen LogP contribution in [-0.4, -0.2) is 13.7 Å². The van der Waals surface area contributed by atoms with Crippen molar-refractivity contribution in [1.82, 2.24) is 0 Å². The van der Waals surface area contributed by atoms with Crippen molar-refractivity contribution < 1.29 is 4.74 Å². The van der Waals surface area contributed by atoms with Crippen LogP contribution in [-0.2, 0) is 0 Å². The zero-order chi connectivity index (χ0) is 16.8. The smallest absolute Gasteiger partial charge is 0.118 e. The summed E-state index contributed by atoms with van der Waals surface area (Å²) < 4.78 is 5.25. The molecule has 0 atom stereocenters. The van der Waals surface area contributed by atoms with Gasteiger partial charge in [-0.1, -0.05) is 23.7 Å². The molecule has 0 saturated heterocycles. The molecule has 0 radical (unpaired) electrons. The second-order valence-corrected chi connectivity index (χ2v) is 7.15. The molecule has 0 bridgehead atoms. The Kier molecular flexibility index (Phi) is 6.03. The Morgan fingerprint density at radius 1 is 0.958 bits per heavy atom. The Morgan fingerprint density at radius 2 is 1.62 bits per heavy atom. The molecule has 1 fully saturated rings. The fraction of sp³-hybridized carbons (Fsp3) is 0.429. The van der Waals surface area contributed by atoms with Gasteiger partial charge in [0.15, 0.2) is 0 Å². The number of rotatable bonds is 6. The second kappa shape index (κ2) is 8.43. The second-order valence-electron chi connectivity index (χ2n) is 6.71. The maximum atomic E-state index is 5.91. The third kappa shape index (κ3) is 4.67. The standard InChI is InChI=1S/C21H26ClNO/c1-24-21-12-6-18(7-13-21)17-4-2-16(3-5-17)14-15-23-20-10-8-19(22)9-11-20/h6-13,16-17,23H,2-5,14-15H2,1H3/t16-,17+. The topological polar surface area (TPSA) is 21.3 Å². The molecule has 0 unspecified atom stereocenters. The fourth-order valence-electron chi connectivity index (χ4n) is 3.65. The van der Waals surface area contributed by atoms with Gasteiger partial charge in [0.2, 0.25) is 0 Å². The zero-order valence-electron chi connectivity index (χ0n) is 14.3. The van der Waals surface area contributed by atoms with Gasteiger partial charge in [0.25, 0.3) is 0 Å². The van der Waals surface area contributed by atoms with Crippen molar-refractivity contribution in [1.29, 1.82) is 0 Å². The van der Waals surface area contributed by atoms with Crippen LogP contribution < -0.4 is 10.1 Å². The number of hydrogen-bond acceptors (Lipinski definition) is 2. The van der Waals surface area contributed by atoms with Crippen LogP contribution in [0.4, 0.5) is 5.69 Å². The van der Waals surface area contributed by atoms with Crippen LogP contribution in [0.25, 0.3) is 0 Å². The molecule has 2 nitrogen and oxygen atoms in total. The Hall–Kier alpha value is -1.67. The minimum atomic E-state index is 0.719. The maximum absolute atomic E-state index is 5.91. The molecule has 2 aromatic carbocycles. The Bertz CT molecular complexity index is 615. The van der Waals surface area contributed by atoms with Crippen LogP contribution in [0.5, 0.6) is 5.75 Å². The van der Waals surface area contributed by atoms with Gasteiger partial charge in [0.05, 0.1) is 7.11 Å². The van der Waals surface area contributed by atoms with Gasteiger partial charge in [-0.05, 0) is 85.9 Å². The third-order valence-electron chi connectivity index (χ3n) is 5.16. The first-order valence-corrected chi connectivity index (χ1v) is 9.26. The molecule has 3 heteroatoms. The highest BCUT2D eigenvalue weighted by molar-refractivity contribution is 6.30. The summed E-state index contributed by atoms with van der Waals surface area (Å²) in [5.74, 6) is 2.51. The van der Waals surface area contributed by atoms with Crippen molar-refractivity contribution in [3.8, 4) is 5.75 Å². The Labute approximate surface area is 150 Å². The van der Waals surface area contributed by atoms with Crippen molar-refractivity contribution in [2.24, 2.45) is 5.92 Å². The van der Waals surface area contributed by atoms with E-state index in [9.17, 15) is 0 Å². The lowest BCUT2D eigenvalue weighted by atomic mass is 9.77. The van der Waals surface area contributed by atoms with E-state index in [4.69, 9.17) is 16.3 Å². The van der Waals surface area contributed by atoms with Crippen molar-refractivity contribution in [2.45, 2.75) is 38.0 Å². The zero-order valence-corrected chi connectivity index (χ0v) is 15.1. The number of benzene rings is 2. The maximum Gasteiger partial charge on any atom is 0.118 e. The van der Waals surface area contributed by atoms with Crippen LogP contribution >= 0.6 is 11.6 Å². The molecule has 0 amide bonds. The summed E-state index contributed by atoms with van der Waals surface area (Å²) in [5, 5.41) is 4.29. The Morgan fingerprint density at radius 3 is 2.25 bits per heavy atom. The van der Waals surface area contributed by atoms with Gasteiger partial charge in [0, 0.05) is 17.3 Å². The fourth-order valence-corrected chi connectivity index (χ4v) is 3.77. The molecule has 128 valence electrons. The Balaban J connectivity index is 1.40. The SMILES string of the molecule is COc1ccc([C@H]2CC[C@@H](CCNc3ccc(Cl)cc3)CC2)cc1. The molecule has 1 aliphatic rings. The number of methoxy groups -OCH3 is 1. The predicted octanol–water partition coefficient (Wildman–Crippen LogP) is 6.12. The van der Waals surface area contributed by atoms with E-state index in [1.807, 2.05) is 24.3 Å². The summed E-state index contributed by atoms with van der Waals surface area (Å²) in [4.78, 5) is 0. The van der Waals surface area contributed by atoms with E-state index < -0.39 is 0 Å². The molecule has 24 heavy (non-hydrogen) atoms. The van der Waals surface area contributed by atoms with Gasteiger partial charge in [-0.3, -0.25) is 0 Å². The molecule has 1 saturated carbocycles. The molecule has 1 aliphatic carbocycles. The summed E-state index contributed by atoms with van der Waals surface area (Å²) in [5.41, 5.74) is 2.62. The van der Waals surface area contributed by atoms with Crippen molar-refractivity contribution in [3.63, 3.8) is 0 Å². The molecule has 0 aromatic heterocycles. The summed E-state index contributed by atoms with van der Waals surface area (Å²) in [6, 6.07) is 16.6. The highest BCUT2D eigenvalue weighted by Crippen LogP contribution is 2.37. The molecular weight excluding hydrogens is 318 g/mol. The molecule has 0 aliphatic heterocycles. The van der Waals surface area contributed by atoms with Gasteiger partial charge >= 0.3 is 0 Å². The molecule has 2 aromatic rings. The summed E-state index contributed by atoms with van der Waals surface area (Å²) in [7, 11) is 1.72. The van der Waals surface area contributed by atoms with Crippen molar-refractivity contribution in [3.05, 3.63) is 59.1 Å². The summed E-state index contributed by atoms with van der Waals surface area (Å²) >= 11 is 5.91. The van der Waals surface area contributed by atoms with E-state index >= 15 is 0 Å². The first-order chi connectivity index (χ1) is 11.7. The quantitative estimate of drug-likeness (QED) is 0.681. The minimum absolute atomic E-state index is 0.719. The highest BCUT2D eigenvalue weighted by Gasteiger charge is 2.22. The minimum Gasteiger partial charge on any atom is -0.497 e. The van der Waals surface area contributed by atoms with Crippen molar-refractivity contribution >= 4 is 17.3 Å². The van der Waals surface area contributed by atoms with Gasteiger partial charge in [-0.15, -0.1) is 0 Å². The lowest BCUT2D eigenvalue weighted by Gasteiger charge is -2.29. The van der Waals surface area contributed by atoms with E-state index in [0.29, 0.717) is 0 Å². The van der Waals surface area contributed by atoms with E-state index in [1.165, 1.54) is 37.7 Å². The van der Waals surface area contributed by atoms with Crippen LogP contribution in [0.15, 0.2) is 48.5 Å². The highest BCUT2D eigenvalue weighted by atomic mass is 35.5. The van der Waals surface area contributed by atoms with Gasteiger partial charge in [0.1, 0.15) is 5.75 Å². The molecule has 1 N–H and O–H groups in total. The first-order valence-electron chi connectivity index (χ1n) is 8.88. The number of ether oxygens (including phenoxy) is 1. The van der Waals surface area contributed by atoms with E-state index in [1.54, 1.807) is 7.11 Å². The average Bonchev–Trinajstić information content (AvgIpc) is 2.64. The average molecular weight is 344 g/mol. The summed E-state index contributed by atoms with van der Waals surface area (Å²) in [6.45, 7) is 1.04. The van der Waals surface area contributed by atoms with E-state index in [2.05, 4.69) is 29.6 Å². The van der Waals surface area contributed by atoms with Crippen LogP contribution in [0.1, 0.15) is 43.6 Å². The van der Waals surface area contributed by atoms with Gasteiger partial charge in [-0.2, -0.15) is 0 Å². The van der Waals surface area contributed by atoms with Crippen molar-refractivity contribution in [2.75, 3.05) is 19.0 Å². The molecule has 0 spiro atoms. The largest absolute Gasteiger partial charge is 0.497 e. The normalized spacial score (nSPS) is 20.6. The van der Waals surface area contributed by atoms with E-state index in [-0.39, 0.29) is 0 Å². The van der Waals surface area contributed by atoms with Crippen LogP contribution in [0, 0.1) is 5.92 Å². The monoisotopic (exact) mass is 343 g/mol. The van der Waals surface area contributed by atoms with Gasteiger partial charge < -0.3 is 10.1 Å².